The van der Waals surface area contributed by atoms with Gasteiger partial charge in [0, 0.05) is 20.3 Å². The molecular formula is C14H14ClFOS. The first kappa shape index (κ1) is 13.5. The Balaban J connectivity index is 2.39. The lowest BCUT2D eigenvalue weighted by Crippen LogP contribution is -2.00. The van der Waals surface area contributed by atoms with Gasteiger partial charge in [-0.05, 0) is 43.2 Å². The molecule has 1 nitrogen and oxygen atoms in total. The number of thiophene rings is 1. The number of benzene rings is 1. The van der Waals surface area contributed by atoms with E-state index in [-0.39, 0.29) is 10.8 Å². The third-order valence-electron chi connectivity index (χ3n) is 2.87. The fourth-order valence-corrected chi connectivity index (χ4v) is 2.99. The molecular weight excluding hydrogens is 271 g/mol. The summed E-state index contributed by atoms with van der Waals surface area (Å²) in [6, 6.07) is 6.74. The molecule has 2 aromatic rings. The monoisotopic (exact) mass is 284 g/mol. The van der Waals surface area contributed by atoms with Gasteiger partial charge in [0.05, 0.1) is 0 Å². The number of aliphatic hydroxyl groups excluding tert-OH is 1. The van der Waals surface area contributed by atoms with E-state index in [9.17, 15) is 9.50 Å². The first-order chi connectivity index (χ1) is 8.52. The van der Waals surface area contributed by atoms with E-state index in [2.05, 4.69) is 6.92 Å². The van der Waals surface area contributed by atoms with Gasteiger partial charge in [0.2, 0.25) is 0 Å². The molecule has 0 bridgehead atoms. The van der Waals surface area contributed by atoms with Crippen molar-refractivity contribution in [2.75, 3.05) is 0 Å². The maximum Gasteiger partial charge on any atom is 0.127 e. The van der Waals surface area contributed by atoms with E-state index < -0.39 is 6.10 Å². The lowest BCUT2D eigenvalue weighted by Gasteiger charge is -2.12. The van der Waals surface area contributed by atoms with Crippen LogP contribution < -0.4 is 0 Å². The zero-order chi connectivity index (χ0) is 13.3. The molecule has 0 aliphatic heterocycles. The molecule has 0 amide bonds. The molecule has 0 aliphatic carbocycles. The summed E-state index contributed by atoms with van der Waals surface area (Å²) in [5.41, 5.74) is 1.04. The van der Waals surface area contributed by atoms with Crippen LogP contribution in [0.3, 0.4) is 0 Å². The Morgan fingerprint density at radius 2 is 2.11 bits per heavy atom. The standard InChI is InChI=1S/C14H14ClFOS/c1-3-9-4-5-13(18-9)14(17)10-6-8(2)12(16)7-11(10)15/h4-7,14,17H,3H2,1-2H3. The van der Waals surface area contributed by atoms with Gasteiger partial charge in [-0.3, -0.25) is 0 Å². The highest BCUT2D eigenvalue weighted by atomic mass is 35.5. The molecule has 1 atom stereocenters. The van der Waals surface area contributed by atoms with Gasteiger partial charge in [0.15, 0.2) is 0 Å². The average Bonchev–Trinajstić information content (AvgIpc) is 2.81. The maximum absolute atomic E-state index is 13.3. The van der Waals surface area contributed by atoms with Crippen molar-refractivity contribution in [3.8, 4) is 0 Å². The van der Waals surface area contributed by atoms with Gasteiger partial charge in [0.1, 0.15) is 11.9 Å². The molecule has 1 aromatic carbocycles. The summed E-state index contributed by atoms with van der Waals surface area (Å²) in [5.74, 6) is -0.351. The zero-order valence-corrected chi connectivity index (χ0v) is 11.8. The predicted octanol–water partition coefficient (Wildman–Crippen LogP) is 4.49. The van der Waals surface area contributed by atoms with Crippen molar-refractivity contribution in [1.82, 2.24) is 0 Å². The van der Waals surface area contributed by atoms with Crippen LogP contribution in [0, 0.1) is 12.7 Å². The normalized spacial score (nSPS) is 12.7. The van der Waals surface area contributed by atoms with Crippen molar-refractivity contribution < 1.29 is 9.50 Å². The first-order valence-electron chi connectivity index (χ1n) is 5.75. The summed E-state index contributed by atoms with van der Waals surface area (Å²) >= 11 is 7.54. The van der Waals surface area contributed by atoms with E-state index in [1.165, 1.54) is 10.9 Å². The van der Waals surface area contributed by atoms with Gasteiger partial charge in [-0.1, -0.05) is 18.5 Å². The van der Waals surface area contributed by atoms with Gasteiger partial charge in [-0.2, -0.15) is 0 Å². The fourth-order valence-electron chi connectivity index (χ4n) is 1.77. The smallest absolute Gasteiger partial charge is 0.127 e. The highest BCUT2D eigenvalue weighted by molar-refractivity contribution is 7.12. The molecule has 0 saturated carbocycles. The minimum atomic E-state index is -0.790. The highest BCUT2D eigenvalue weighted by Gasteiger charge is 2.17. The second-order valence-electron chi connectivity index (χ2n) is 4.18. The summed E-state index contributed by atoms with van der Waals surface area (Å²) in [4.78, 5) is 2.04. The minimum Gasteiger partial charge on any atom is -0.383 e. The van der Waals surface area contributed by atoms with E-state index in [1.54, 1.807) is 24.3 Å². The van der Waals surface area contributed by atoms with E-state index in [0.717, 1.165) is 11.3 Å². The SMILES string of the molecule is CCc1ccc(C(O)c2cc(C)c(F)cc2Cl)s1. The lowest BCUT2D eigenvalue weighted by molar-refractivity contribution is 0.224. The molecule has 1 N–H and O–H groups in total. The molecule has 2 rings (SSSR count). The average molecular weight is 285 g/mol. The largest absolute Gasteiger partial charge is 0.383 e. The predicted molar refractivity (Wildman–Crippen MR) is 73.9 cm³/mol. The molecule has 0 radical (unpaired) electrons. The van der Waals surface area contributed by atoms with E-state index in [4.69, 9.17) is 11.6 Å². The van der Waals surface area contributed by atoms with Gasteiger partial charge < -0.3 is 5.11 Å². The molecule has 1 unspecified atom stereocenters. The van der Waals surface area contributed by atoms with Crippen molar-refractivity contribution >= 4 is 22.9 Å². The van der Waals surface area contributed by atoms with Crippen LogP contribution in [0.1, 0.15) is 33.9 Å². The van der Waals surface area contributed by atoms with Crippen molar-refractivity contribution in [3.05, 3.63) is 56.0 Å². The fraction of sp³-hybridized carbons (Fsp3) is 0.286. The van der Waals surface area contributed by atoms with Crippen LogP contribution in [-0.4, -0.2) is 5.11 Å². The van der Waals surface area contributed by atoms with Gasteiger partial charge in [-0.25, -0.2) is 4.39 Å². The molecule has 0 spiro atoms. The Morgan fingerprint density at radius 3 is 2.72 bits per heavy atom. The number of aliphatic hydroxyl groups is 1. The lowest BCUT2D eigenvalue weighted by atomic mass is 10.0. The molecule has 0 fully saturated rings. The third kappa shape index (κ3) is 2.58. The van der Waals surface area contributed by atoms with E-state index in [0.29, 0.717) is 11.1 Å². The molecule has 4 heteroatoms. The minimum absolute atomic E-state index is 0.261. The van der Waals surface area contributed by atoms with Crippen molar-refractivity contribution in [3.63, 3.8) is 0 Å². The van der Waals surface area contributed by atoms with Crippen LogP contribution in [0.25, 0.3) is 0 Å². The Hall–Kier alpha value is -0.900. The maximum atomic E-state index is 13.3. The van der Waals surface area contributed by atoms with Crippen molar-refractivity contribution in [2.45, 2.75) is 26.4 Å². The Labute approximate surface area is 115 Å². The summed E-state index contributed by atoms with van der Waals surface area (Å²) in [7, 11) is 0. The number of rotatable bonds is 3. The molecule has 1 heterocycles. The van der Waals surface area contributed by atoms with Crippen molar-refractivity contribution in [2.24, 2.45) is 0 Å². The van der Waals surface area contributed by atoms with E-state index >= 15 is 0 Å². The van der Waals surface area contributed by atoms with Gasteiger partial charge >= 0.3 is 0 Å². The summed E-state index contributed by atoms with van der Waals surface area (Å²) < 4.78 is 13.3. The second kappa shape index (κ2) is 5.39. The molecule has 1 aromatic heterocycles. The van der Waals surface area contributed by atoms with Crippen LogP contribution in [0.4, 0.5) is 4.39 Å². The second-order valence-corrected chi connectivity index (χ2v) is 5.79. The summed E-state index contributed by atoms with van der Waals surface area (Å²) in [6.07, 6.45) is 0.148. The summed E-state index contributed by atoms with van der Waals surface area (Å²) in [6.45, 7) is 3.73. The number of hydrogen-bond acceptors (Lipinski definition) is 2. The molecule has 18 heavy (non-hydrogen) atoms. The molecule has 0 saturated heterocycles. The third-order valence-corrected chi connectivity index (χ3v) is 4.48. The van der Waals surface area contributed by atoms with Gasteiger partial charge in [-0.15, -0.1) is 11.3 Å². The number of hydrogen-bond donors (Lipinski definition) is 1. The summed E-state index contributed by atoms with van der Waals surface area (Å²) in [5, 5.41) is 10.6. The Morgan fingerprint density at radius 1 is 1.39 bits per heavy atom. The van der Waals surface area contributed by atoms with Crippen LogP contribution in [-0.2, 0) is 6.42 Å². The zero-order valence-electron chi connectivity index (χ0n) is 10.2. The van der Waals surface area contributed by atoms with Crippen LogP contribution in [0.15, 0.2) is 24.3 Å². The van der Waals surface area contributed by atoms with Crippen LogP contribution in [0.2, 0.25) is 5.02 Å². The van der Waals surface area contributed by atoms with Crippen LogP contribution in [0.5, 0.6) is 0 Å². The van der Waals surface area contributed by atoms with E-state index in [1.807, 2.05) is 12.1 Å². The molecule has 0 aliphatic rings. The number of aryl methyl sites for hydroxylation is 2. The quantitative estimate of drug-likeness (QED) is 0.880. The van der Waals surface area contributed by atoms with Crippen LogP contribution >= 0.6 is 22.9 Å². The van der Waals surface area contributed by atoms with Gasteiger partial charge in [0.25, 0.3) is 0 Å². The Bertz CT molecular complexity index is 565. The topological polar surface area (TPSA) is 20.2 Å². The molecule has 96 valence electrons. The van der Waals surface area contributed by atoms with Crippen molar-refractivity contribution in [1.29, 1.82) is 0 Å². The number of halogens is 2. The highest BCUT2D eigenvalue weighted by Crippen LogP contribution is 2.33. The first-order valence-corrected chi connectivity index (χ1v) is 6.94. The Kier molecular flexibility index (Phi) is 4.05.